The monoisotopic (exact) mass is 500 g/mol. The molecule has 0 spiro atoms. The van der Waals surface area contributed by atoms with Gasteiger partial charge in [-0.25, -0.2) is 0 Å². The van der Waals surface area contributed by atoms with Crippen molar-refractivity contribution in [2.75, 3.05) is 13.2 Å². The molecule has 1 N–H and O–H groups in total. The highest BCUT2D eigenvalue weighted by molar-refractivity contribution is 6.05. The first-order chi connectivity index (χ1) is 18.0. The largest absolute Gasteiger partial charge is 0.339 e. The molecular formula is C28H29FN6O2. The summed E-state index contributed by atoms with van der Waals surface area (Å²) in [5, 5.41) is 4.46. The van der Waals surface area contributed by atoms with Gasteiger partial charge in [0, 0.05) is 37.0 Å². The molecule has 37 heavy (non-hydrogen) atoms. The number of aromatic amines is 1. The highest BCUT2D eigenvalue weighted by atomic mass is 19.1. The summed E-state index contributed by atoms with van der Waals surface area (Å²) in [5.74, 6) is 0.249. The molecule has 1 aliphatic heterocycles. The van der Waals surface area contributed by atoms with Crippen molar-refractivity contribution in [3.8, 4) is 22.6 Å². The van der Waals surface area contributed by atoms with E-state index in [0.29, 0.717) is 23.6 Å². The second kappa shape index (κ2) is 9.53. The Kier molecular flexibility index (Phi) is 6.06. The molecule has 0 unspecified atom stereocenters. The van der Waals surface area contributed by atoms with Crippen LogP contribution in [0.15, 0.2) is 53.7 Å². The van der Waals surface area contributed by atoms with E-state index in [0.717, 1.165) is 17.9 Å². The van der Waals surface area contributed by atoms with Crippen molar-refractivity contribution < 1.29 is 9.18 Å². The van der Waals surface area contributed by atoms with Crippen molar-refractivity contribution in [3.63, 3.8) is 0 Å². The van der Waals surface area contributed by atoms with E-state index in [-0.39, 0.29) is 34.7 Å². The lowest BCUT2D eigenvalue weighted by Gasteiger charge is -2.45. The molecule has 190 valence electrons. The van der Waals surface area contributed by atoms with E-state index in [2.05, 4.69) is 32.2 Å². The topological polar surface area (TPSA) is 96.2 Å². The van der Waals surface area contributed by atoms with Crippen LogP contribution in [0, 0.1) is 11.8 Å². The van der Waals surface area contributed by atoms with Gasteiger partial charge >= 0.3 is 0 Å². The standard InChI is InChI=1S/C28H29FN6O2/c1-17-21(14-29)16-34(17)28(37)25-26(23-15-30-10-11-31-23)33-35-24(36)13-22(32-27(25)35)20-8-6-19(7-9-20)12-18-4-2-3-5-18/h6-11,13,15,17-18,21,32H,2-5,12,14,16H2,1H3/t17-,21-/m0/s1. The Morgan fingerprint density at radius 2 is 1.95 bits per heavy atom. The number of carbonyl (C=O) groups excluding carboxylic acids is 1. The van der Waals surface area contributed by atoms with Crippen LogP contribution in [0.25, 0.3) is 28.3 Å². The summed E-state index contributed by atoms with van der Waals surface area (Å²) in [6.07, 6.45) is 10.8. The van der Waals surface area contributed by atoms with Gasteiger partial charge in [0.25, 0.3) is 11.5 Å². The fraction of sp³-hybridized carbons (Fsp3) is 0.393. The van der Waals surface area contributed by atoms with Crippen molar-refractivity contribution in [2.24, 2.45) is 11.8 Å². The minimum atomic E-state index is -0.478. The Morgan fingerprint density at radius 1 is 1.16 bits per heavy atom. The van der Waals surface area contributed by atoms with Crippen molar-refractivity contribution in [3.05, 3.63) is 70.4 Å². The molecule has 1 saturated carbocycles. The number of hydrogen-bond donors (Lipinski definition) is 1. The molecule has 0 bridgehead atoms. The SMILES string of the molecule is C[C@H]1[C@@H](CF)CN1C(=O)c1c(-c2cnccn2)nn2c(=O)cc(-c3ccc(CC4CCCC4)cc3)[nH]c12. The predicted octanol–water partition coefficient (Wildman–Crippen LogP) is 4.31. The molecule has 2 fully saturated rings. The normalized spacial score (nSPS) is 19.9. The third-order valence-corrected chi connectivity index (χ3v) is 7.96. The van der Waals surface area contributed by atoms with Crippen LogP contribution in [0.3, 0.4) is 0 Å². The first kappa shape index (κ1) is 23.5. The predicted molar refractivity (Wildman–Crippen MR) is 138 cm³/mol. The van der Waals surface area contributed by atoms with Crippen LogP contribution in [0.5, 0.6) is 0 Å². The number of hydrogen-bond acceptors (Lipinski definition) is 5. The number of amides is 1. The number of nitrogens with one attached hydrogen (secondary N) is 1. The minimum absolute atomic E-state index is 0.192. The van der Waals surface area contributed by atoms with Crippen molar-refractivity contribution >= 4 is 11.6 Å². The maximum atomic E-state index is 13.7. The van der Waals surface area contributed by atoms with E-state index in [1.807, 2.05) is 19.1 Å². The van der Waals surface area contributed by atoms with Crippen molar-refractivity contribution in [1.82, 2.24) is 29.5 Å². The third kappa shape index (κ3) is 4.22. The van der Waals surface area contributed by atoms with Gasteiger partial charge in [0.1, 0.15) is 17.0 Å². The number of alkyl halides is 1. The lowest BCUT2D eigenvalue weighted by atomic mass is 9.90. The maximum absolute atomic E-state index is 13.7. The van der Waals surface area contributed by atoms with Gasteiger partial charge in [-0.2, -0.15) is 9.61 Å². The summed E-state index contributed by atoms with van der Waals surface area (Å²) in [7, 11) is 0. The average molecular weight is 501 g/mol. The number of H-pyrrole nitrogens is 1. The average Bonchev–Trinajstić information content (AvgIpc) is 3.57. The van der Waals surface area contributed by atoms with Gasteiger partial charge in [-0.15, -0.1) is 0 Å². The van der Waals surface area contributed by atoms with Crippen LogP contribution >= 0.6 is 0 Å². The Balaban J connectivity index is 1.42. The summed E-state index contributed by atoms with van der Waals surface area (Å²) in [5.41, 5.74) is 3.56. The number of aromatic nitrogens is 5. The zero-order valence-corrected chi connectivity index (χ0v) is 20.7. The van der Waals surface area contributed by atoms with E-state index < -0.39 is 6.67 Å². The Morgan fingerprint density at radius 3 is 2.62 bits per heavy atom. The summed E-state index contributed by atoms with van der Waals surface area (Å²) >= 11 is 0. The molecule has 1 aliphatic carbocycles. The van der Waals surface area contributed by atoms with Crippen LogP contribution < -0.4 is 5.56 Å². The molecular weight excluding hydrogens is 471 g/mol. The fourth-order valence-electron chi connectivity index (χ4n) is 5.65. The lowest BCUT2D eigenvalue weighted by molar-refractivity contribution is 0.0142. The van der Waals surface area contributed by atoms with Gasteiger partial charge in [0.2, 0.25) is 0 Å². The quantitative estimate of drug-likeness (QED) is 0.426. The molecule has 2 atom stereocenters. The number of benzene rings is 1. The number of fused-ring (bicyclic) bond motifs is 1. The molecule has 1 amide bonds. The molecule has 2 aliphatic rings. The minimum Gasteiger partial charge on any atom is -0.339 e. The van der Waals surface area contributed by atoms with E-state index in [9.17, 15) is 14.0 Å². The number of carbonyl (C=O) groups is 1. The molecule has 8 nitrogen and oxygen atoms in total. The smallest absolute Gasteiger partial charge is 0.274 e. The molecule has 4 heterocycles. The van der Waals surface area contributed by atoms with Crippen LogP contribution in [0.2, 0.25) is 0 Å². The third-order valence-electron chi connectivity index (χ3n) is 7.96. The van der Waals surface area contributed by atoms with Gasteiger partial charge in [0.15, 0.2) is 5.65 Å². The van der Waals surface area contributed by atoms with Gasteiger partial charge in [0.05, 0.1) is 18.6 Å². The summed E-state index contributed by atoms with van der Waals surface area (Å²) in [6, 6.07) is 9.49. The van der Waals surface area contributed by atoms with Crippen LogP contribution in [0.4, 0.5) is 4.39 Å². The Bertz CT molecular complexity index is 1490. The van der Waals surface area contributed by atoms with Crippen LogP contribution in [-0.2, 0) is 6.42 Å². The summed E-state index contributed by atoms with van der Waals surface area (Å²) < 4.78 is 14.5. The van der Waals surface area contributed by atoms with Crippen molar-refractivity contribution in [2.45, 2.75) is 45.1 Å². The highest BCUT2D eigenvalue weighted by Gasteiger charge is 2.41. The first-order valence-corrected chi connectivity index (χ1v) is 12.9. The van der Waals surface area contributed by atoms with E-state index in [4.69, 9.17) is 0 Å². The molecule has 1 aromatic carbocycles. The van der Waals surface area contributed by atoms with Crippen LogP contribution in [-0.4, -0.2) is 54.6 Å². The summed E-state index contributed by atoms with van der Waals surface area (Å²) in [4.78, 5) is 40.2. The number of halogens is 1. The summed E-state index contributed by atoms with van der Waals surface area (Å²) in [6.45, 7) is 1.68. The highest BCUT2D eigenvalue weighted by Crippen LogP contribution is 2.32. The Hall–Kier alpha value is -3.88. The van der Waals surface area contributed by atoms with E-state index in [1.165, 1.54) is 60.4 Å². The second-order valence-electron chi connectivity index (χ2n) is 10.3. The molecule has 9 heteroatoms. The van der Waals surface area contributed by atoms with Gasteiger partial charge < -0.3 is 9.88 Å². The molecule has 1 saturated heterocycles. The second-order valence-corrected chi connectivity index (χ2v) is 10.3. The zero-order chi connectivity index (χ0) is 25.5. The molecule has 3 aromatic heterocycles. The fourth-order valence-corrected chi connectivity index (χ4v) is 5.65. The van der Waals surface area contributed by atoms with E-state index >= 15 is 0 Å². The molecule has 0 radical (unpaired) electrons. The number of nitrogens with zero attached hydrogens (tertiary/aromatic N) is 5. The molecule has 6 rings (SSSR count). The van der Waals surface area contributed by atoms with Gasteiger partial charge in [-0.3, -0.25) is 23.9 Å². The maximum Gasteiger partial charge on any atom is 0.274 e. The first-order valence-electron chi connectivity index (χ1n) is 12.9. The lowest BCUT2D eigenvalue weighted by Crippen LogP contribution is -2.58. The van der Waals surface area contributed by atoms with Gasteiger partial charge in [-0.1, -0.05) is 49.9 Å². The Labute approximate surface area is 213 Å². The van der Waals surface area contributed by atoms with Crippen LogP contribution in [0.1, 0.15) is 48.5 Å². The van der Waals surface area contributed by atoms with Gasteiger partial charge in [-0.05, 0) is 30.4 Å². The molecule has 4 aromatic rings. The van der Waals surface area contributed by atoms with E-state index in [1.54, 1.807) is 4.90 Å². The number of rotatable bonds is 6. The number of likely N-dealkylation sites (tertiary alicyclic amines) is 1. The van der Waals surface area contributed by atoms with Crippen molar-refractivity contribution in [1.29, 1.82) is 0 Å². The zero-order valence-electron chi connectivity index (χ0n) is 20.7.